The molecular formula is C23H32ClN2O3+. The third-order valence-corrected chi connectivity index (χ3v) is 6.17. The van der Waals surface area contributed by atoms with Gasteiger partial charge < -0.3 is 10.1 Å². The van der Waals surface area contributed by atoms with Crippen LogP contribution in [0.4, 0.5) is 0 Å². The van der Waals surface area contributed by atoms with Crippen LogP contribution in [0.2, 0.25) is 5.02 Å². The van der Waals surface area contributed by atoms with Gasteiger partial charge in [-0.2, -0.15) is 0 Å². The second-order valence-corrected chi connectivity index (χ2v) is 8.92. The van der Waals surface area contributed by atoms with E-state index in [1.165, 1.54) is 12.7 Å². The minimum absolute atomic E-state index is 0.104. The topological polar surface area (TPSA) is 63.2 Å². The van der Waals surface area contributed by atoms with Gasteiger partial charge in [0.2, 0.25) is 0 Å². The van der Waals surface area contributed by atoms with Gasteiger partial charge in [-0.05, 0) is 55.7 Å². The minimum Gasteiger partial charge on any atom is -0.465 e. The number of hydrogen-bond acceptors (Lipinski definition) is 3. The van der Waals surface area contributed by atoms with Crippen LogP contribution in [0.15, 0.2) is 35.4 Å². The van der Waals surface area contributed by atoms with E-state index >= 15 is 0 Å². The Kier molecular flexibility index (Phi) is 7.36. The molecule has 0 bridgehead atoms. The molecule has 0 saturated heterocycles. The number of methoxy groups -OCH3 is 1. The summed E-state index contributed by atoms with van der Waals surface area (Å²) in [5.41, 5.74) is 3.34. The van der Waals surface area contributed by atoms with Crippen LogP contribution in [0.5, 0.6) is 0 Å². The molecule has 0 spiro atoms. The van der Waals surface area contributed by atoms with Gasteiger partial charge in [-0.3, -0.25) is 9.69 Å². The number of ether oxygens (including phenoxy) is 1. The van der Waals surface area contributed by atoms with Crippen LogP contribution in [0, 0.1) is 5.92 Å². The Bertz CT molecular complexity index is 773. The lowest BCUT2D eigenvalue weighted by atomic mass is 9.92. The summed E-state index contributed by atoms with van der Waals surface area (Å²) in [6, 6.07) is 7.47. The fourth-order valence-corrected chi connectivity index (χ4v) is 4.61. The molecule has 1 aliphatic carbocycles. The third-order valence-electron chi connectivity index (χ3n) is 5.92. The SMILES string of the molecule is COC(=O)[C@H](CC(C)C)[NH2+][C@@H]1C2=C(CCCC2)C(=O)N1CCc1ccc(Cl)cc1. The highest BCUT2D eigenvalue weighted by atomic mass is 35.5. The van der Waals surface area contributed by atoms with Crippen LogP contribution in [-0.4, -0.2) is 42.6 Å². The van der Waals surface area contributed by atoms with Crippen molar-refractivity contribution in [2.75, 3.05) is 13.7 Å². The zero-order chi connectivity index (χ0) is 21.0. The van der Waals surface area contributed by atoms with Gasteiger partial charge in [-0.25, -0.2) is 4.79 Å². The molecule has 0 aromatic heterocycles. The fourth-order valence-electron chi connectivity index (χ4n) is 4.48. The van der Waals surface area contributed by atoms with Gasteiger partial charge in [-0.15, -0.1) is 0 Å². The molecule has 1 aliphatic heterocycles. The molecule has 0 unspecified atom stereocenters. The molecule has 1 aromatic rings. The first-order valence-electron chi connectivity index (χ1n) is 10.6. The lowest BCUT2D eigenvalue weighted by Gasteiger charge is -2.28. The summed E-state index contributed by atoms with van der Waals surface area (Å²) in [6.45, 7) is 4.84. The monoisotopic (exact) mass is 419 g/mol. The number of halogens is 1. The molecule has 1 heterocycles. The Balaban J connectivity index is 1.80. The van der Waals surface area contributed by atoms with Gasteiger partial charge in [-0.1, -0.05) is 37.6 Å². The molecule has 1 aromatic carbocycles. The third kappa shape index (κ3) is 5.20. The van der Waals surface area contributed by atoms with E-state index in [0.29, 0.717) is 17.5 Å². The maximum atomic E-state index is 13.2. The lowest BCUT2D eigenvalue weighted by molar-refractivity contribution is -0.718. The van der Waals surface area contributed by atoms with E-state index < -0.39 is 0 Å². The van der Waals surface area contributed by atoms with Crippen molar-refractivity contribution < 1.29 is 19.6 Å². The summed E-state index contributed by atoms with van der Waals surface area (Å²) in [4.78, 5) is 27.5. The quantitative estimate of drug-likeness (QED) is 0.658. The first-order chi connectivity index (χ1) is 13.9. The maximum absolute atomic E-state index is 13.2. The largest absolute Gasteiger partial charge is 0.465 e. The van der Waals surface area contributed by atoms with Gasteiger partial charge in [0.25, 0.3) is 5.91 Å². The predicted molar refractivity (Wildman–Crippen MR) is 113 cm³/mol. The number of carbonyl (C=O) groups is 2. The van der Waals surface area contributed by atoms with Crippen molar-refractivity contribution >= 4 is 23.5 Å². The molecule has 0 saturated carbocycles. The maximum Gasteiger partial charge on any atom is 0.364 e. The van der Waals surface area contributed by atoms with Crippen LogP contribution in [0.1, 0.15) is 51.5 Å². The van der Waals surface area contributed by atoms with E-state index in [0.717, 1.165) is 49.7 Å². The van der Waals surface area contributed by atoms with E-state index in [1.54, 1.807) is 0 Å². The molecule has 6 heteroatoms. The average Bonchev–Trinajstić information content (AvgIpc) is 2.98. The summed E-state index contributed by atoms with van der Waals surface area (Å²) in [5.74, 6) is 0.298. The number of amides is 1. The van der Waals surface area contributed by atoms with E-state index in [9.17, 15) is 9.59 Å². The first kappa shape index (κ1) is 21.8. The van der Waals surface area contributed by atoms with E-state index in [4.69, 9.17) is 16.3 Å². The minimum atomic E-state index is -0.301. The smallest absolute Gasteiger partial charge is 0.364 e. The van der Waals surface area contributed by atoms with Crippen molar-refractivity contribution in [2.24, 2.45) is 5.92 Å². The second-order valence-electron chi connectivity index (χ2n) is 8.48. The highest BCUT2D eigenvalue weighted by Crippen LogP contribution is 2.34. The zero-order valence-corrected chi connectivity index (χ0v) is 18.4. The van der Waals surface area contributed by atoms with Crippen molar-refractivity contribution in [3.63, 3.8) is 0 Å². The van der Waals surface area contributed by atoms with Crippen molar-refractivity contribution in [1.82, 2.24) is 4.90 Å². The van der Waals surface area contributed by atoms with Crippen LogP contribution in [0.3, 0.4) is 0 Å². The molecule has 0 fully saturated rings. The van der Waals surface area contributed by atoms with Crippen LogP contribution in [0.25, 0.3) is 0 Å². The number of quaternary nitrogens is 1. The lowest BCUT2D eigenvalue weighted by Crippen LogP contribution is -2.99. The Morgan fingerprint density at radius 2 is 1.93 bits per heavy atom. The molecule has 2 aliphatic rings. The summed E-state index contributed by atoms with van der Waals surface area (Å²) in [5, 5.41) is 2.78. The number of carbonyl (C=O) groups excluding carboxylic acids is 2. The molecule has 3 rings (SSSR count). The molecule has 158 valence electrons. The van der Waals surface area contributed by atoms with Gasteiger partial charge in [0, 0.05) is 29.1 Å². The number of rotatable bonds is 8. The van der Waals surface area contributed by atoms with Crippen LogP contribution < -0.4 is 5.32 Å². The molecular weight excluding hydrogens is 388 g/mol. The molecule has 5 nitrogen and oxygen atoms in total. The van der Waals surface area contributed by atoms with E-state index in [2.05, 4.69) is 19.2 Å². The number of nitrogens with zero attached hydrogens (tertiary/aromatic N) is 1. The van der Waals surface area contributed by atoms with Gasteiger partial charge in [0.05, 0.1) is 7.11 Å². The zero-order valence-electron chi connectivity index (χ0n) is 17.6. The number of esters is 1. The summed E-state index contributed by atoms with van der Waals surface area (Å²) in [6.07, 6.45) is 5.35. The van der Waals surface area contributed by atoms with Gasteiger partial charge >= 0.3 is 5.97 Å². The van der Waals surface area contributed by atoms with Crippen molar-refractivity contribution in [2.45, 2.75) is 64.6 Å². The Morgan fingerprint density at radius 1 is 1.24 bits per heavy atom. The number of hydrogen-bond donors (Lipinski definition) is 1. The molecule has 2 N–H and O–H groups in total. The van der Waals surface area contributed by atoms with Crippen molar-refractivity contribution in [3.05, 3.63) is 46.0 Å². The molecule has 29 heavy (non-hydrogen) atoms. The Morgan fingerprint density at radius 3 is 2.59 bits per heavy atom. The number of nitrogens with two attached hydrogens (primary N) is 1. The predicted octanol–water partition coefficient (Wildman–Crippen LogP) is 3.07. The Hall–Kier alpha value is -1.85. The standard InChI is InChI=1S/C23H31ClN2O3/c1-15(2)14-20(23(28)29-3)25-21-18-6-4-5-7-19(18)22(27)26(21)13-12-16-8-10-17(24)11-9-16/h8-11,15,20-21,25H,4-7,12-14H2,1-3H3/p+1/t20-,21-/m0/s1. The van der Waals surface area contributed by atoms with Gasteiger partial charge in [0.1, 0.15) is 0 Å². The summed E-state index contributed by atoms with van der Waals surface area (Å²) < 4.78 is 5.06. The highest BCUT2D eigenvalue weighted by molar-refractivity contribution is 6.30. The van der Waals surface area contributed by atoms with Gasteiger partial charge in [0.15, 0.2) is 12.2 Å². The van der Waals surface area contributed by atoms with Crippen molar-refractivity contribution in [1.29, 1.82) is 0 Å². The average molecular weight is 420 g/mol. The van der Waals surface area contributed by atoms with Crippen LogP contribution in [-0.2, 0) is 20.7 Å². The first-order valence-corrected chi connectivity index (χ1v) is 11.0. The summed E-state index contributed by atoms with van der Waals surface area (Å²) in [7, 11) is 1.44. The van der Waals surface area contributed by atoms with Crippen LogP contribution >= 0.6 is 11.6 Å². The second kappa shape index (κ2) is 9.77. The van der Waals surface area contributed by atoms with E-state index in [-0.39, 0.29) is 24.1 Å². The van der Waals surface area contributed by atoms with E-state index in [1.807, 2.05) is 29.2 Å². The molecule has 0 radical (unpaired) electrons. The highest BCUT2D eigenvalue weighted by Gasteiger charge is 2.44. The number of benzene rings is 1. The summed E-state index contributed by atoms with van der Waals surface area (Å²) >= 11 is 5.99. The molecule has 2 atom stereocenters. The fraction of sp³-hybridized carbons (Fsp3) is 0.565. The normalized spacial score (nSPS) is 20.2. The molecule has 1 amide bonds. The van der Waals surface area contributed by atoms with Crippen molar-refractivity contribution in [3.8, 4) is 0 Å². The Labute approximate surface area is 178 Å².